The van der Waals surface area contributed by atoms with Crippen LogP contribution in [0.25, 0.3) is 0 Å². The summed E-state index contributed by atoms with van der Waals surface area (Å²) in [4.78, 5) is 30.4. The molecule has 0 bridgehead atoms. The van der Waals surface area contributed by atoms with E-state index in [9.17, 15) is 14.7 Å². The number of benzene rings is 1. The van der Waals surface area contributed by atoms with Gasteiger partial charge in [0.15, 0.2) is 0 Å². The van der Waals surface area contributed by atoms with Crippen LogP contribution in [0, 0.1) is 0 Å². The van der Waals surface area contributed by atoms with E-state index < -0.39 is 17.1 Å². The molecule has 0 aliphatic carbocycles. The lowest BCUT2D eigenvalue weighted by Crippen LogP contribution is -2.24. The van der Waals surface area contributed by atoms with Crippen LogP contribution in [0.15, 0.2) is 44.9 Å². The van der Waals surface area contributed by atoms with Gasteiger partial charge < -0.3 is 5.11 Å². The molecule has 0 aliphatic rings. The van der Waals surface area contributed by atoms with Crippen molar-refractivity contribution >= 4 is 6.21 Å². The zero-order valence-electron chi connectivity index (χ0n) is 10.1. The van der Waals surface area contributed by atoms with Gasteiger partial charge in [-0.2, -0.15) is 0 Å². The zero-order chi connectivity index (χ0) is 13.7. The normalized spacial score (nSPS) is 10.9. The number of aromatic nitrogens is 2. The van der Waals surface area contributed by atoms with Gasteiger partial charge in [0.05, 0.1) is 0 Å². The van der Waals surface area contributed by atoms with Crippen molar-refractivity contribution in [3.63, 3.8) is 0 Å². The van der Waals surface area contributed by atoms with Crippen LogP contribution in [0.5, 0.6) is 5.88 Å². The third-order valence-electron chi connectivity index (χ3n) is 2.55. The molecule has 0 spiro atoms. The fourth-order valence-electron chi connectivity index (χ4n) is 1.60. The minimum Gasteiger partial charge on any atom is -0.494 e. The molecule has 19 heavy (non-hydrogen) atoms. The van der Waals surface area contributed by atoms with Gasteiger partial charge in [-0.05, 0) is 12.0 Å². The fraction of sp³-hybridized carbons (Fsp3) is 0.154. The smallest absolute Gasteiger partial charge is 0.328 e. The van der Waals surface area contributed by atoms with Gasteiger partial charge >= 0.3 is 5.69 Å². The minimum absolute atomic E-state index is 0.0485. The van der Waals surface area contributed by atoms with E-state index in [0.717, 1.165) is 12.0 Å². The summed E-state index contributed by atoms with van der Waals surface area (Å²) < 4.78 is 0. The molecule has 2 rings (SSSR count). The molecule has 98 valence electrons. The van der Waals surface area contributed by atoms with Crippen molar-refractivity contribution in [3.05, 3.63) is 62.3 Å². The maximum atomic E-state index is 11.4. The van der Waals surface area contributed by atoms with Crippen molar-refractivity contribution in [2.75, 3.05) is 6.54 Å². The Morgan fingerprint density at radius 2 is 1.89 bits per heavy atom. The van der Waals surface area contributed by atoms with Crippen molar-refractivity contribution in [3.8, 4) is 5.88 Å². The topological polar surface area (TPSA) is 98.3 Å². The molecule has 0 unspecified atom stereocenters. The number of aromatic hydroxyl groups is 1. The van der Waals surface area contributed by atoms with Gasteiger partial charge in [-0.25, -0.2) is 4.79 Å². The van der Waals surface area contributed by atoms with Crippen LogP contribution in [-0.2, 0) is 6.42 Å². The molecule has 1 heterocycles. The summed E-state index contributed by atoms with van der Waals surface area (Å²) in [5, 5.41) is 9.42. The molecule has 0 aliphatic heterocycles. The molecule has 0 amide bonds. The number of H-pyrrole nitrogens is 2. The number of aliphatic imine (C=N–C) groups is 1. The summed E-state index contributed by atoms with van der Waals surface area (Å²) >= 11 is 0. The molecule has 1 aromatic carbocycles. The van der Waals surface area contributed by atoms with Gasteiger partial charge in [0.1, 0.15) is 5.56 Å². The Kier molecular flexibility index (Phi) is 3.92. The van der Waals surface area contributed by atoms with Crippen LogP contribution >= 0.6 is 0 Å². The van der Waals surface area contributed by atoms with Crippen LogP contribution in [0.4, 0.5) is 0 Å². The van der Waals surface area contributed by atoms with E-state index in [1.54, 1.807) is 0 Å². The summed E-state index contributed by atoms with van der Waals surface area (Å²) in [6, 6.07) is 9.79. The number of nitrogens with zero attached hydrogens (tertiary/aromatic N) is 1. The van der Waals surface area contributed by atoms with Crippen molar-refractivity contribution in [1.29, 1.82) is 0 Å². The summed E-state index contributed by atoms with van der Waals surface area (Å²) in [5.74, 6) is -0.475. The third-order valence-corrected chi connectivity index (χ3v) is 2.55. The third kappa shape index (κ3) is 3.41. The van der Waals surface area contributed by atoms with E-state index in [0.29, 0.717) is 6.54 Å². The van der Waals surface area contributed by atoms with E-state index in [2.05, 4.69) is 9.98 Å². The zero-order valence-corrected chi connectivity index (χ0v) is 10.1. The molecule has 0 fully saturated rings. The predicted octanol–water partition coefficient (Wildman–Crippen LogP) is 0.430. The molecule has 0 atom stereocenters. The molecule has 1 aromatic heterocycles. The monoisotopic (exact) mass is 259 g/mol. The molecule has 6 heteroatoms. The lowest BCUT2D eigenvalue weighted by molar-refractivity contribution is 0.447. The van der Waals surface area contributed by atoms with Gasteiger partial charge in [-0.15, -0.1) is 0 Å². The summed E-state index contributed by atoms with van der Waals surface area (Å²) in [5.41, 5.74) is -0.319. The lowest BCUT2D eigenvalue weighted by atomic mass is 10.2. The molecule has 3 N–H and O–H groups in total. The van der Waals surface area contributed by atoms with Crippen molar-refractivity contribution < 1.29 is 5.11 Å². The van der Waals surface area contributed by atoms with Crippen LogP contribution in [0.1, 0.15) is 11.1 Å². The molecular weight excluding hydrogens is 246 g/mol. The van der Waals surface area contributed by atoms with E-state index >= 15 is 0 Å². The molecule has 2 aromatic rings. The SMILES string of the molecule is O=c1[nH]c(O)c(C=NCCc2ccccc2)c(=O)[nH]1. The number of hydrogen-bond acceptors (Lipinski definition) is 4. The quantitative estimate of drug-likeness (QED) is 0.694. The molecular formula is C13H13N3O3. The maximum Gasteiger partial charge on any atom is 0.328 e. The second-order valence-corrected chi connectivity index (χ2v) is 3.94. The average molecular weight is 259 g/mol. The lowest BCUT2D eigenvalue weighted by Gasteiger charge is -1.98. The van der Waals surface area contributed by atoms with Gasteiger partial charge in [0.2, 0.25) is 5.88 Å². The molecule has 6 nitrogen and oxygen atoms in total. The molecule has 0 saturated carbocycles. The average Bonchev–Trinajstić information content (AvgIpc) is 2.38. The van der Waals surface area contributed by atoms with Gasteiger partial charge in [0, 0.05) is 12.8 Å². The van der Waals surface area contributed by atoms with Crippen molar-refractivity contribution in [2.45, 2.75) is 6.42 Å². The fourth-order valence-corrected chi connectivity index (χ4v) is 1.60. The Morgan fingerprint density at radius 3 is 2.58 bits per heavy atom. The summed E-state index contributed by atoms with van der Waals surface area (Å²) in [7, 11) is 0. The van der Waals surface area contributed by atoms with Gasteiger partial charge in [0.25, 0.3) is 5.56 Å². The van der Waals surface area contributed by atoms with Crippen LogP contribution < -0.4 is 11.2 Å². The number of rotatable bonds is 4. The Labute approximate surface area is 108 Å². The molecule has 0 radical (unpaired) electrons. The first-order chi connectivity index (χ1) is 9.16. The van der Waals surface area contributed by atoms with E-state index in [-0.39, 0.29) is 5.56 Å². The summed E-state index contributed by atoms with van der Waals surface area (Å²) in [6.45, 7) is 0.488. The van der Waals surface area contributed by atoms with Crippen LogP contribution in [-0.4, -0.2) is 27.8 Å². The molecule has 0 saturated heterocycles. The highest BCUT2D eigenvalue weighted by molar-refractivity contribution is 5.81. The van der Waals surface area contributed by atoms with E-state index in [4.69, 9.17) is 0 Å². The van der Waals surface area contributed by atoms with Crippen molar-refractivity contribution in [2.24, 2.45) is 4.99 Å². The minimum atomic E-state index is -0.746. The summed E-state index contributed by atoms with van der Waals surface area (Å²) in [6.07, 6.45) is 1.99. The second-order valence-electron chi connectivity index (χ2n) is 3.94. The Balaban J connectivity index is 2.04. The number of aromatic amines is 2. The Hall–Kier alpha value is -2.63. The van der Waals surface area contributed by atoms with Crippen LogP contribution in [0.3, 0.4) is 0 Å². The highest BCUT2D eigenvalue weighted by Gasteiger charge is 2.04. The first kappa shape index (κ1) is 12.8. The van der Waals surface area contributed by atoms with Crippen molar-refractivity contribution in [1.82, 2.24) is 9.97 Å². The Bertz CT molecular complexity index is 686. The van der Waals surface area contributed by atoms with Gasteiger partial charge in [-0.1, -0.05) is 30.3 Å². The Morgan fingerprint density at radius 1 is 1.16 bits per heavy atom. The maximum absolute atomic E-state index is 11.4. The number of hydrogen-bond donors (Lipinski definition) is 3. The largest absolute Gasteiger partial charge is 0.494 e. The van der Waals surface area contributed by atoms with Gasteiger partial charge in [-0.3, -0.25) is 19.8 Å². The first-order valence-electron chi connectivity index (χ1n) is 5.76. The highest BCUT2D eigenvalue weighted by atomic mass is 16.3. The second kappa shape index (κ2) is 5.81. The van der Waals surface area contributed by atoms with E-state index in [1.807, 2.05) is 35.3 Å². The standard InChI is InChI=1S/C13H13N3O3/c17-11-10(12(18)16-13(19)15-11)8-14-7-6-9-4-2-1-3-5-9/h1-5,8H,6-7H2,(H3,15,16,17,18,19). The van der Waals surface area contributed by atoms with E-state index in [1.165, 1.54) is 6.21 Å². The highest BCUT2D eigenvalue weighted by Crippen LogP contribution is 2.02. The first-order valence-corrected chi connectivity index (χ1v) is 5.76. The van der Waals surface area contributed by atoms with Crippen LogP contribution in [0.2, 0.25) is 0 Å². The predicted molar refractivity (Wildman–Crippen MR) is 72.0 cm³/mol. The number of nitrogens with one attached hydrogen (secondary N) is 2.